The molecule has 2 aromatic rings. The molecular formula is C22H31F2IN4OS. The van der Waals surface area contributed by atoms with Crippen molar-refractivity contribution < 1.29 is 13.5 Å². The van der Waals surface area contributed by atoms with Crippen LogP contribution in [-0.2, 0) is 13.1 Å². The van der Waals surface area contributed by atoms with Crippen molar-refractivity contribution in [2.75, 3.05) is 26.7 Å². The number of ether oxygens (including phenoxy) is 1. The molecule has 5 nitrogen and oxygen atoms in total. The van der Waals surface area contributed by atoms with Gasteiger partial charge in [-0.05, 0) is 56.3 Å². The third-order valence-electron chi connectivity index (χ3n) is 5.33. The molecule has 0 saturated carbocycles. The lowest BCUT2D eigenvalue weighted by molar-refractivity contribution is -0.0504. The van der Waals surface area contributed by atoms with Gasteiger partial charge in [0.1, 0.15) is 5.75 Å². The fraction of sp³-hybridized carbons (Fsp3) is 0.500. The molecule has 0 bridgehead atoms. The van der Waals surface area contributed by atoms with Gasteiger partial charge in [-0.25, -0.2) is 0 Å². The summed E-state index contributed by atoms with van der Waals surface area (Å²) in [6.07, 6.45) is 2.30. The van der Waals surface area contributed by atoms with Crippen LogP contribution in [0.3, 0.4) is 0 Å². The zero-order valence-corrected chi connectivity index (χ0v) is 21.1. The summed E-state index contributed by atoms with van der Waals surface area (Å²) in [6.45, 7) is 3.55. The number of rotatable bonds is 8. The number of nitrogens with one attached hydrogen (secondary N) is 2. The Morgan fingerprint density at radius 2 is 2.03 bits per heavy atom. The molecule has 3 rings (SSSR count). The molecule has 0 amide bonds. The first-order valence-corrected chi connectivity index (χ1v) is 11.1. The van der Waals surface area contributed by atoms with Crippen molar-refractivity contribution in [3.63, 3.8) is 0 Å². The Kier molecular flexibility index (Phi) is 11.0. The number of hydrogen-bond donors (Lipinski definition) is 2. The largest absolute Gasteiger partial charge is 0.434 e. The zero-order valence-electron chi connectivity index (χ0n) is 17.9. The number of nitrogens with zero attached hydrogens (tertiary/aromatic N) is 2. The summed E-state index contributed by atoms with van der Waals surface area (Å²) >= 11 is 1.81. The van der Waals surface area contributed by atoms with E-state index in [2.05, 4.69) is 42.8 Å². The van der Waals surface area contributed by atoms with E-state index in [1.54, 1.807) is 19.2 Å². The standard InChI is InChI=1S/C22H30F2N4OS.HI/c1-16-5-6-20(29-21(23)24)18(12-16)14-27-22(25-2)26-13-17-7-9-28(10-8-17)15-19-4-3-11-30-19;/h3-6,11-12,17,21H,7-10,13-15H2,1-2H3,(H2,25,26,27);1H. The summed E-state index contributed by atoms with van der Waals surface area (Å²) < 4.78 is 29.9. The van der Waals surface area contributed by atoms with Gasteiger partial charge in [0.2, 0.25) is 0 Å². The van der Waals surface area contributed by atoms with Gasteiger partial charge in [-0.2, -0.15) is 8.78 Å². The molecular weight excluding hydrogens is 533 g/mol. The smallest absolute Gasteiger partial charge is 0.387 e. The molecule has 1 aliphatic heterocycles. The Morgan fingerprint density at radius 3 is 2.68 bits per heavy atom. The number of alkyl halides is 2. The predicted molar refractivity (Wildman–Crippen MR) is 134 cm³/mol. The minimum atomic E-state index is -2.84. The first-order valence-electron chi connectivity index (χ1n) is 10.3. The van der Waals surface area contributed by atoms with Crippen molar-refractivity contribution >= 4 is 41.3 Å². The van der Waals surface area contributed by atoms with Gasteiger partial charge >= 0.3 is 6.61 Å². The van der Waals surface area contributed by atoms with Crippen LogP contribution in [0.2, 0.25) is 0 Å². The van der Waals surface area contributed by atoms with Crippen LogP contribution in [0.4, 0.5) is 8.78 Å². The van der Waals surface area contributed by atoms with Crippen LogP contribution in [0.15, 0.2) is 40.7 Å². The van der Waals surface area contributed by atoms with Crippen LogP contribution in [0, 0.1) is 12.8 Å². The highest BCUT2D eigenvalue weighted by atomic mass is 127. The molecule has 31 heavy (non-hydrogen) atoms. The fourth-order valence-electron chi connectivity index (χ4n) is 3.67. The highest BCUT2D eigenvalue weighted by Crippen LogP contribution is 2.22. The second-order valence-electron chi connectivity index (χ2n) is 7.60. The molecule has 0 radical (unpaired) electrons. The normalized spacial score (nSPS) is 15.6. The Labute approximate surface area is 204 Å². The van der Waals surface area contributed by atoms with Gasteiger partial charge in [-0.1, -0.05) is 23.8 Å². The maximum Gasteiger partial charge on any atom is 0.387 e. The average molecular weight is 564 g/mol. The van der Waals surface area contributed by atoms with Crippen molar-refractivity contribution in [3.05, 3.63) is 51.7 Å². The van der Waals surface area contributed by atoms with Crippen LogP contribution in [-0.4, -0.2) is 44.2 Å². The van der Waals surface area contributed by atoms with Gasteiger partial charge in [0.25, 0.3) is 0 Å². The Hall–Kier alpha value is -1.46. The van der Waals surface area contributed by atoms with E-state index >= 15 is 0 Å². The van der Waals surface area contributed by atoms with Crippen LogP contribution >= 0.6 is 35.3 Å². The summed E-state index contributed by atoms with van der Waals surface area (Å²) in [4.78, 5) is 8.19. The molecule has 0 spiro atoms. The van der Waals surface area contributed by atoms with Crippen molar-refractivity contribution in [1.29, 1.82) is 0 Å². The Bertz CT molecular complexity index is 812. The van der Waals surface area contributed by atoms with Crippen LogP contribution < -0.4 is 15.4 Å². The van der Waals surface area contributed by atoms with E-state index in [-0.39, 0.29) is 29.7 Å². The number of benzene rings is 1. The van der Waals surface area contributed by atoms with Crippen LogP contribution in [0.1, 0.15) is 28.8 Å². The predicted octanol–water partition coefficient (Wildman–Crippen LogP) is 4.85. The first-order chi connectivity index (χ1) is 14.5. The number of thiophene rings is 1. The van der Waals surface area contributed by atoms with Crippen LogP contribution in [0.25, 0.3) is 0 Å². The van der Waals surface area contributed by atoms with Crippen LogP contribution in [0.5, 0.6) is 5.75 Å². The Balaban J connectivity index is 0.00000341. The molecule has 172 valence electrons. The van der Waals surface area contributed by atoms with E-state index in [4.69, 9.17) is 0 Å². The molecule has 2 N–H and O–H groups in total. The molecule has 0 aliphatic carbocycles. The SMILES string of the molecule is CN=C(NCc1cc(C)ccc1OC(F)F)NCC1CCN(Cc2cccs2)CC1.I. The first kappa shape index (κ1) is 25.8. The number of aliphatic imine (C=N–C) groups is 1. The van der Waals surface area contributed by atoms with Crippen molar-refractivity contribution in [3.8, 4) is 5.75 Å². The van der Waals surface area contributed by atoms with Gasteiger partial charge in [0.15, 0.2) is 5.96 Å². The van der Waals surface area contributed by atoms with Gasteiger partial charge in [-0.15, -0.1) is 35.3 Å². The third-order valence-corrected chi connectivity index (χ3v) is 6.19. The minimum Gasteiger partial charge on any atom is -0.434 e. The van der Waals surface area contributed by atoms with E-state index in [0.29, 0.717) is 24.0 Å². The number of piperidine rings is 1. The lowest BCUT2D eigenvalue weighted by atomic mass is 9.97. The van der Waals surface area contributed by atoms with E-state index in [1.807, 2.05) is 24.3 Å². The van der Waals surface area contributed by atoms with E-state index in [9.17, 15) is 8.78 Å². The number of likely N-dealkylation sites (tertiary alicyclic amines) is 1. The summed E-state index contributed by atoms with van der Waals surface area (Å²) in [5.74, 6) is 1.46. The summed E-state index contributed by atoms with van der Waals surface area (Å²) in [7, 11) is 1.71. The van der Waals surface area contributed by atoms with Crippen molar-refractivity contribution in [2.45, 2.75) is 39.5 Å². The molecule has 2 heterocycles. The molecule has 0 atom stereocenters. The summed E-state index contributed by atoms with van der Waals surface area (Å²) in [5.41, 5.74) is 1.67. The molecule has 1 saturated heterocycles. The molecule has 1 aliphatic rings. The number of halogens is 3. The molecule has 1 aromatic carbocycles. The fourth-order valence-corrected chi connectivity index (χ4v) is 4.42. The Morgan fingerprint density at radius 1 is 1.26 bits per heavy atom. The second-order valence-corrected chi connectivity index (χ2v) is 8.63. The quantitative estimate of drug-likeness (QED) is 0.274. The number of guanidine groups is 1. The topological polar surface area (TPSA) is 48.9 Å². The van der Waals surface area contributed by atoms with Gasteiger partial charge in [-0.3, -0.25) is 9.89 Å². The molecule has 0 unspecified atom stereocenters. The highest BCUT2D eigenvalue weighted by molar-refractivity contribution is 14.0. The molecule has 9 heteroatoms. The maximum absolute atomic E-state index is 12.6. The number of aryl methyl sites for hydroxylation is 1. The highest BCUT2D eigenvalue weighted by Gasteiger charge is 2.20. The van der Waals surface area contributed by atoms with Gasteiger partial charge in [0, 0.05) is 37.1 Å². The summed E-state index contributed by atoms with van der Waals surface area (Å²) in [6, 6.07) is 9.49. The number of hydrogen-bond acceptors (Lipinski definition) is 4. The molecule has 1 fully saturated rings. The lowest BCUT2D eigenvalue weighted by Crippen LogP contribution is -2.42. The lowest BCUT2D eigenvalue weighted by Gasteiger charge is -2.32. The minimum absolute atomic E-state index is 0. The van der Waals surface area contributed by atoms with Crippen molar-refractivity contribution in [2.24, 2.45) is 10.9 Å². The maximum atomic E-state index is 12.6. The van der Waals surface area contributed by atoms with E-state index < -0.39 is 6.61 Å². The molecule has 1 aromatic heterocycles. The van der Waals surface area contributed by atoms with E-state index in [1.165, 1.54) is 4.88 Å². The van der Waals surface area contributed by atoms with E-state index in [0.717, 1.165) is 44.6 Å². The monoisotopic (exact) mass is 564 g/mol. The summed E-state index contributed by atoms with van der Waals surface area (Å²) in [5, 5.41) is 8.72. The second kappa shape index (κ2) is 13.2. The zero-order chi connectivity index (χ0) is 21.3. The van der Waals surface area contributed by atoms with Gasteiger partial charge in [0.05, 0.1) is 0 Å². The van der Waals surface area contributed by atoms with Crippen molar-refractivity contribution in [1.82, 2.24) is 15.5 Å². The van der Waals surface area contributed by atoms with Gasteiger partial charge < -0.3 is 15.4 Å². The third kappa shape index (κ3) is 8.53. The average Bonchev–Trinajstić information content (AvgIpc) is 3.24.